The van der Waals surface area contributed by atoms with Gasteiger partial charge in [-0.1, -0.05) is 0 Å². The van der Waals surface area contributed by atoms with E-state index >= 15 is 0 Å². The summed E-state index contributed by atoms with van der Waals surface area (Å²) in [5, 5.41) is 3.60. The van der Waals surface area contributed by atoms with Gasteiger partial charge in [-0.15, -0.1) is 0 Å². The van der Waals surface area contributed by atoms with Crippen molar-refractivity contribution in [2.75, 3.05) is 47.8 Å². The molecule has 2 heterocycles. The van der Waals surface area contributed by atoms with E-state index in [1.165, 1.54) is 37.1 Å². The van der Waals surface area contributed by atoms with E-state index in [1.54, 1.807) is 0 Å². The van der Waals surface area contributed by atoms with Crippen LogP contribution in [0.1, 0.15) is 25.7 Å². The maximum Gasteiger partial charge on any atom is 0.225 e. The zero-order chi connectivity index (χ0) is 18.5. The SMILES string of the molecule is N[C@H]1CC[C@H](CNc2ccc(N3CCN(c4ncccn4)CC3)cc2)CC1. The molecule has 3 N–H and O–H groups in total. The van der Waals surface area contributed by atoms with E-state index in [2.05, 4.69) is 49.4 Å². The van der Waals surface area contributed by atoms with E-state index in [9.17, 15) is 0 Å². The van der Waals surface area contributed by atoms with Crippen molar-refractivity contribution in [3.8, 4) is 0 Å². The van der Waals surface area contributed by atoms with Crippen molar-refractivity contribution in [3.63, 3.8) is 0 Å². The second kappa shape index (κ2) is 8.57. The number of anilines is 3. The molecular formula is C21H30N6. The number of nitrogens with zero attached hydrogens (tertiary/aromatic N) is 4. The average molecular weight is 367 g/mol. The van der Waals surface area contributed by atoms with Gasteiger partial charge in [0.2, 0.25) is 5.95 Å². The lowest BCUT2D eigenvalue weighted by Gasteiger charge is -2.36. The summed E-state index contributed by atoms with van der Waals surface area (Å²) in [6.07, 6.45) is 8.46. The maximum atomic E-state index is 6.00. The first-order chi connectivity index (χ1) is 13.3. The minimum atomic E-state index is 0.425. The summed E-state index contributed by atoms with van der Waals surface area (Å²) >= 11 is 0. The molecule has 27 heavy (non-hydrogen) atoms. The van der Waals surface area contributed by atoms with Crippen LogP contribution >= 0.6 is 0 Å². The van der Waals surface area contributed by atoms with Gasteiger partial charge in [0.15, 0.2) is 0 Å². The number of hydrogen-bond acceptors (Lipinski definition) is 6. The Kier molecular flexibility index (Phi) is 5.72. The lowest BCUT2D eigenvalue weighted by Crippen LogP contribution is -2.47. The third kappa shape index (κ3) is 4.69. The minimum absolute atomic E-state index is 0.425. The van der Waals surface area contributed by atoms with E-state index in [1.807, 2.05) is 18.5 Å². The predicted octanol–water partition coefficient (Wildman–Crippen LogP) is 2.73. The van der Waals surface area contributed by atoms with Crippen LogP contribution in [-0.4, -0.2) is 48.7 Å². The third-order valence-corrected chi connectivity index (χ3v) is 5.83. The highest BCUT2D eigenvalue weighted by atomic mass is 15.3. The molecule has 2 aliphatic rings. The fourth-order valence-electron chi connectivity index (χ4n) is 4.06. The maximum absolute atomic E-state index is 6.00. The van der Waals surface area contributed by atoms with Crippen LogP contribution in [0, 0.1) is 5.92 Å². The van der Waals surface area contributed by atoms with Gasteiger partial charge in [0, 0.05) is 62.5 Å². The van der Waals surface area contributed by atoms with Gasteiger partial charge in [0.05, 0.1) is 0 Å². The molecule has 144 valence electrons. The first-order valence-corrected chi connectivity index (χ1v) is 10.1. The van der Waals surface area contributed by atoms with Crippen LogP contribution in [0.2, 0.25) is 0 Å². The van der Waals surface area contributed by atoms with Crippen LogP contribution in [-0.2, 0) is 0 Å². The highest BCUT2D eigenvalue weighted by molar-refractivity contribution is 5.56. The molecule has 1 aromatic heterocycles. The Balaban J connectivity index is 1.26. The van der Waals surface area contributed by atoms with Gasteiger partial charge >= 0.3 is 0 Å². The molecule has 2 aromatic rings. The second-order valence-corrected chi connectivity index (χ2v) is 7.73. The predicted molar refractivity (Wildman–Crippen MR) is 111 cm³/mol. The van der Waals surface area contributed by atoms with Gasteiger partial charge in [-0.3, -0.25) is 0 Å². The smallest absolute Gasteiger partial charge is 0.225 e. The summed E-state index contributed by atoms with van der Waals surface area (Å²) in [6.45, 7) is 4.95. The Labute approximate surface area is 161 Å². The first-order valence-electron chi connectivity index (χ1n) is 10.1. The molecule has 1 aromatic carbocycles. The first kappa shape index (κ1) is 18.0. The molecule has 1 aliphatic heterocycles. The molecule has 0 spiro atoms. The standard InChI is InChI=1S/C21H30N6/c22-18-4-2-17(3-5-18)16-25-19-6-8-20(9-7-19)26-12-14-27(15-13-26)21-23-10-1-11-24-21/h1,6-11,17-18,25H,2-5,12-16,22H2/t17-,18-. The van der Waals surface area contributed by atoms with Gasteiger partial charge in [-0.2, -0.15) is 0 Å². The third-order valence-electron chi connectivity index (χ3n) is 5.83. The lowest BCUT2D eigenvalue weighted by atomic mass is 9.86. The van der Waals surface area contributed by atoms with Crippen molar-refractivity contribution in [1.82, 2.24) is 9.97 Å². The Morgan fingerprint density at radius 1 is 0.889 bits per heavy atom. The minimum Gasteiger partial charge on any atom is -0.385 e. The number of benzene rings is 1. The molecule has 0 bridgehead atoms. The average Bonchev–Trinajstić information content (AvgIpc) is 2.75. The van der Waals surface area contributed by atoms with Crippen LogP contribution < -0.4 is 20.9 Å². The van der Waals surface area contributed by atoms with Crippen LogP contribution in [0.25, 0.3) is 0 Å². The summed E-state index contributed by atoms with van der Waals surface area (Å²) in [6, 6.07) is 11.2. The monoisotopic (exact) mass is 366 g/mol. The molecule has 0 atom stereocenters. The van der Waals surface area contributed by atoms with E-state index in [4.69, 9.17) is 5.73 Å². The number of nitrogens with two attached hydrogens (primary N) is 1. The topological polar surface area (TPSA) is 70.3 Å². The Hall–Kier alpha value is -2.34. The molecule has 1 aliphatic carbocycles. The lowest BCUT2D eigenvalue weighted by molar-refractivity contribution is 0.339. The highest BCUT2D eigenvalue weighted by Crippen LogP contribution is 2.25. The fraction of sp³-hybridized carbons (Fsp3) is 0.524. The fourth-order valence-corrected chi connectivity index (χ4v) is 4.06. The van der Waals surface area contributed by atoms with Gasteiger partial charge in [-0.05, 0) is 61.9 Å². The second-order valence-electron chi connectivity index (χ2n) is 7.73. The highest BCUT2D eigenvalue weighted by Gasteiger charge is 2.20. The quantitative estimate of drug-likeness (QED) is 0.848. The van der Waals surface area contributed by atoms with Crippen molar-refractivity contribution in [2.45, 2.75) is 31.7 Å². The zero-order valence-corrected chi connectivity index (χ0v) is 15.9. The molecule has 1 saturated heterocycles. The summed E-state index contributed by atoms with van der Waals surface area (Å²) in [5.74, 6) is 1.60. The molecular weight excluding hydrogens is 336 g/mol. The number of rotatable bonds is 5. The Morgan fingerprint density at radius 2 is 1.52 bits per heavy atom. The zero-order valence-electron chi connectivity index (χ0n) is 15.9. The van der Waals surface area contributed by atoms with Crippen LogP contribution in [0.4, 0.5) is 17.3 Å². The van der Waals surface area contributed by atoms with Gasteiger partial charge in [0.1, 0.15) is 0 Å². The van der Waals surface area contributed by atoms with Crippen LogP contribution in [0.3, 0.4) is 0 Å². The van der Waals surface area contributed by atoms with Gasteiger partial charge in [0.25, 0.3) is 0 Å². The normalized spacial score (nSPS) is 23.3. The van der Waals surface area contributed by atoms with E-state index < -0.39 is 0 Å². The number of aromatic nitrogens is 2. The van der Waals surface area contributed by atoms with Crippen molar-refractivity contribution in [2.24, 2.45) is 11.7 Å². The van der Waals surface area contributed by atoms with Gasteiger partial charge < -0.3 is 20.9 Å². The summed E-state index contributed by atoms with van der Waals surface area (Å²) in [4.78, 5) is 13.4. The van der Waals surface area contributed by atoms with E-state index in [0.29, 0.717) is 6.04 Å². The number of piperazine rings is 1. The van der Waals surface area contributed by atoms with Crippen LogP contribution in [0.15, 0.2) is 42.7 Å². The molecule has 2 fully saturated rings. The largest absolute Gasteiger partial charge is 0.385 e. The van der Waals surface area contributed by atoms with Crippen molar-refractivity contribution >= 4 is 17.3 Å². The summed E-state index contributed by atoms with van der Waals surface area (Å²) < 4.78 is 0. The van der Waals surface area contributed by atoms with Crippen molar-refractivity contribution in [1.29, 1.82) is 0 Å². The van der Waals surface area contributed by atoms with E-state index in [-0.39, 0.29) is 0 Å². The van der Waals surface area contributed by atoms with Crippen molar-refractivity contribution in [3.05, 3.63) is 42.7 Å². The number of hydrogen-bond donors (Lipinski definition) is 2. The molecule has 6 nitrogen and oxygen atoms in total. The summed E-state index contributed by atoms with van der Waals surface area (Å²) in [7, 11) is 0. The summed E-state index contributed by atoms with van der Waals surface area (Å²) in [5.41, 5.74) is 8.50. The van der Waals surface area contributed by atoms with Gasteiger partial charge in [-0.25, -0.2) is 9.97 Å². The molecule has 1 saturated carbocycles. The molecule has 0 amide bonds. The molecule has 0 radical (unpaired) electrons. The van der Waals surface area contributed by atoms with E-state index in [0.717, 1.165) is 44.6 Å². The van der Waals surface area contributed by atoms with Crippen molar-refractivity contribution < 1.29 is 0 Å². The number of nitrogens with one attached hydrogen (secondary N) is 1. The van der Waals surface area contributed by atoms with Crippen LogP contribution in [0.5, 0.6) is 0 Å². The molecule has 4 rings (SSSR count). The Bertz CT molecular complexity index is 688. The molecule has 6 heteroatoms. The molecule has 0 unspecified atom stereocenters. The Morgan fingerprint density at radius 3 is 2.19 bits per heavy atom.